The second-order valence-corrected chi connectivity index (χ2v) is 18.7. The van der Waals surface area contributed by atoms with Crippen molar-refractivity contribution in [3.05, 3.63) is 175 Å². The number of hydrogen-bond acceptors (Lipinski definition) is 4. The predicted molar refractivity (Wildman–Crippen MR) is 246 cm³/mol. The fourth-order valence-electron chi connectivity index (χ4n) is 8.02. The molecule has 0 unspecified atom stereocenters. The third-order valence-corrected chi connectivity index (χ3v) is 11.4. The average molecular weight is 967 g/mol. The quantitative estimate of drug-likeness (QED) is 0.156. The summed E-state index contributed by atoms with van der Waals surface area (Å²) in [5.74, 6) is 2.07. The first kappa shape index (κ1) is 41.1. The summed E-state index contributed by atoms with van der Waals surface area (Å²) in [6, 6.07) is 54.7. The average Bonchev–Trinajstić information content (AvgIpc) is 3.76. The Balaban J connectivity index is 0.00000499. The molecule has 0 N–H and O–H groups in total. The summed E-state index contributed by atoms with van der Waals surface area (Å²) in [4.78, 5) is 9.38. The fourth-order valence-corrected chi connectivity index (χ4v) is 8.02. The zero-order valence-electron chi connectivity index (χ0n) is 35.9. The molecule has 9 rings (SSSR count). The van der Waals surface area contributed by atoms with E-state index >= 15 is 0 Å². The summed E-state index contributed by atoms with van der Waals surface area (Å²) in [6.45, 7) is 22.5. The zero-order valence-corrected chi connectivity index (χ0v) is 38.1. The molecule has 1 aliphatic rings. The second kappa shape index (κ2) is 15.4. The van der Waals surface area contributed by atoms with Gasteiger partial charge in [-0.3, -0.25) is 0 Å². The first-order valence-corrected chi connectivity index (χ1v) is 20.5. The molecule has 1 aliphatic heterocycles. The van der Waals surface area contributed by atoms with Gasteiger partial charge in [0.15, 0.2) is 0 Å². The van der Waals surface area contributed by atoms with Crippen molar-refractivity contribution in [3.8, 4) is 28.4 Å². The summed E-state index contributed by atoms with van der Waals surface area (Å²) >= 11 is 0. The van der Waals surface area contributed by atoms with Crippen molar-refractivity contribution < 1.29 is 25.8 Å². The van der Waals surface area contributed by atoms with Gasteiger partial charge >= 0.3 is 0 Å². The molecular formula is C54H51N4OPt-3. The minimum absolute atomic E-state index is 0. The van der Waals surface area contributed by atoms with Gasteiger partial charge in [-0.15, -0.1) is 48.1 Å². The van der Waals surface area contributed by atoms with Crippen molar-refractivity contribution in [2.45, 2.75) is 78.6 Å². The van der Waals surface area contributed by atoms with Gasteiger partial charge in [0.1, 0.15) is 5.82 Å². The van der Waals surface area contributed by atoms with Crippen LogP contribution in [0.4, 0.5) is 22.7 Å². The van der Waals surface area contributed by atoms with E-state index in [1.54, 1.807) is 0 Å². The van der Waals surface area contributed by atoms with Gasteiger partial charge in [-0.05, 0) is 80.3 Å². The van der Waals surface area contributed by atoms with E-state index in [9.17, 15) is 0 Å². The molecule has 0 saturated heterocycles. The third kappa shape index (κ3) is 7.65. The number of benzene rings is 6. The summed E-state index contributed by atoms with van der Waals surface area (Å²) in [5, 5.41) is 2.24. The molecule has 2 aromatic heterocycles. The topological polar surface area (TPSA) is 33.5 Å². The standard InChI is InChI=1S/C54H51N4O.Pt/c1-52(2,3)37-17-14-16-36(30-37)43-26-24-38(53(4,5)6)31-49(43)57-35-56(47-22-12-13-23-48(47)57)40-18-15-19-41(33-40)59-42-25-27-45-44-20-10-11-21-46(44)58(50(45)34-42)51-32-39(28-29-55-51)54(7,8)9;/h10-32,35H,1-9H3;/q-3;. The van der Waals surface area contributed by atoms with E-state index in [4.69, 9.17) is 9.72 Å². The molecule has 6 heteroatoms. The normalized spacial score (nSPS) is 13.2. The Hall–Kier alpha value is -5.64. The molecule has 3 heterocycles. The molecule has 8 aromatic rings. The molecule has 0 bridgehead atoms. The SMILES string of the molecule is CC(C)(C)c1cccc(-c2ccc(C(C)(C)C)cc2N2[CH-]N(c3[c-]c(Oc4[c-]c5c(cc4)c4ccccc4n5-c4cc(C(C)(C)C)ccn4)ccc3)c3ccccc32)c1.[Pt]. The van der Waals surface area contributed by atoms with Crippen LogP contribution >= 0.6 is 0 Å². The Morgan fingerprint density at radius 3 is 1.93 bits per heavy atom. The molecule has 0 radical (unpaired) electrons. The Morgan fingerprint density at radius 2 is 1.18 bits per heavy atom. The molecular weight excluding hydrogens is 916 g/mol. The van der Waals surface area contributed by atoms with Crippen LogP contribution in [0.15, 0.2) is 140 Å². The van der Waals surface area contributed by atoms with Gasteiger partial charge in [-0.2, -0.15) is 12.1 Å². The number of ether oxygens (including phenoxy) is 1. The van der Waals surface area contributed by atoms with Gasteiger partial charge in [-0.25, -0.2) is 4.98 Å². The molecule has 0 aliphatic carbocycles. The molecule has 0 amide bonds. The van der Waals surface area contributed by atoms with E-state index in [0.29, 0.717) is 11.5 Å². The van der Waals surface area contributed by atoms with E-state index in [2.05, 4.69) is 211 Å². The minimum atomic E-state index is -0.0275. The number of aromatic nitrogens is 2. The molecule has 0 atom stereocenters. The fraction of sp³-hybridized carbons (Fsp3) is 0.222. The van der Waals surface area contributed by atoms with Gasteiger partial charge < -0.3 is 19.1 Å². The van der Waals surface area contributed by atoms with Crippen LogP contribution in [-0.4, -0.2) is 9.55 Å². The van der Waals surface area contributed by atoms with Crippen molar-refractivity contribution >= 4 is 44.6 Å². The molecule has 60 heavy (non-hydrogen) atoms. The number of pyridine rings is 1. The number of anilines is 4. The summed E-state index contributed by atoms with van der Waals surface area (Å²) in [6.07, 6.45) is 1.90. The molecule has 6 aromatic carbocycles. The monoisotopic (exact) mass is 966 g/mol. The van der Waals surface area contributed by atoms with E-state index in [1.807, 2.05) is 24.4 Å². The number of hydrogen-bond donors (Lipinski definition) is 0. The van der Waals surface area contributed by atoms with Crippen LogP contribution in [0.5, 0.6) is 11.5 Å². The Bertz CT molecular complexity index is 2870. The van der Waals surface area contributed by atoms with Crippen LogP contribution in [0, 0.1) is 18.8 Å². The van der Waals surface area contributed by atoms with Crippen molar-refractivity contribution in [3.63, 3.8) is 0 Å². The van der Waals surface area contributed by atoms with Crippen molar-refractivity contribution in [1.29, 1.82) is 0 Å². The Labute approximate surface area is 369 Å². The van der Waals surface area contributed by atoms with E-state index in [1.165, 1.54) is 27.8 Å². The van der Waals surface area contributed by atoms with Gasteiger partial charge in [0, 0.05) is 66.9 Å². The van der Waals surface area contributed by atoms with Crippen LogP contribution < -0.4 is 14.5 Å². The largest absolute Gasteiger partial charge is 0.509 e. The van der Waals surface area contributed by atoms with E-state index in [0.717, 1.165) is 50.4 Å². The molecule has 0 saturated carbocycles. The van der Waals surface area contributed by atoms with Crippen LogP contribution in [0.25, 0.3) is 38.8 Å². The molecule has 0 spiro atoms. The smallest absolute Gasteiger partial charge is 0.135 e. The van der Waals surface area contributed by atoms with Crippen molar-refractivity contribution in [1.82, 2.24) is 9.55 Å². The van der Waals surface area contributed by atoms with Crippen LogP contribution in [0.2, 0.25) is 0 Å². The summed E-state index contributed by atoms with van der Waals surface area (Å²) < 4.78 is 8.82. The van der Waals surface area contributed by atoms with Crippen molar-refractivity contribution in [2.75, 3.05) is 9.80 Å². The zero-order chi connectivity index (χ0) is 41.3. The van der Waals surface area contributed by atoms with Crippen LogP contribution in [-0.2, 0) is 37.3 Å². The maximum absolute atomic E-state index is 6.62. The Kier molecular flexibility index (Phi) is 10.6. The molecule has 0 fully saturated rings. The third-order valence-electron chi connectivity index (χ3n) is 11.4. The van der Waals surface area contributed by atoms with Gasteiger partial charge in [-0.1, -0.05) is 135 Å². The number of nitrogens with zero attached hydrogens (tertiary/aromatic N) is 4. The molecule has 306 valence electrons. The van der Waals surface area contributed by atoms with E-state index in [-0.39, 0.29) is 37.3 Å². The van der Waals surface area contributed by atoms with Gasteiger partial charge in [0.05, 0.1) is 0 Å². The second-order valence-electron chi connectivity index (χ2n) is 18.7. The first-order chi connectivity index (χ1) is 28.1. The van der Waals surface area contributed by atoms with E-state index < -0.39 is 0 Å². The minimum Gasteiger partial charge on any atom is -0.509 e. The predicted octanol–water partition coefficient (Wildman–Crippen LogP) is 14.5. The maximum atomic E-state index is 6.62. The number of para-hydroxylation sites is 3. The van der Waals surface area contributed by atoms with Crippen LogP contribution in [0.3, 0.4) is 0 Å². The first-order valence-electron chi connectivity index (χ1n) is 20.5. The van der Waals surface area contributed by atoms with Crippen molar-refractivity contribution in [2.24, 2.45) is 0 Å². The summed E-state index contributed by atoms with van der Waals surface area (Å²) in [7, 11) is 0. The molecule has 5 nitrogen and oxygen atoms in total. The maximum Gasteiger partial charge on any atom is 0.135 e. The van der Waals surface area contributed by atoms with Crippen LogP contribution in [0.1, 0.15) is 79.0 Å². The van der Waals surface area contributed by atoms with Gasteiger partial charge in [0.25, 0.3) is 0 Å². The van der Waals surface area contributed by atoms with Gasteiger partial charge in [0.2, 0.25) is 0 Å². The number of fused-ring (bicyclic) bond motifs is 4. The number of rotatable bonds is 6. The summed E-state index contributed by atoms with van der Waals surface area (Å²) in [5.41, 5.74) is 12.3. The Morgan fingerprint density at radius 1 is 0.533 bits per heavy atom.